The lowest BCUT2D eigenvalue weighted by atomic mass is 10.2. The van der Waals surface area contributed by atoms with E-state index >= 15 is 0 Å². The Labute approximate surface area is 115 Å². The molecular weight excluding hydrogens is 305 g/mol. The molecule has 94 valence electrons. The topological polar surface area (TPSA) is 40.5 Å². The van der Waals surface area contributed by atoms with Gasteiger partial charge in [0.1, 0.15) is 5.75 Å². The summed E-state index contributed by atoms with van der Waals surface area (Å²) in [5.74, 6) is 0.528. The second-order valence-corrected chi connectivity index (χ2v) is 4.83. The monoisotopic (exact) mass is 319 g/mol. The van der Waals surface area contributed by atoms with Crippen LogP contribution in [0, 0.1) is 0 Å². The third-order valence-corrected chi connectivity index (χ3v) is 3.36. The Bertz CT molecular complexity index is 398. The minimum absolute atomic E-state index is 0.0734. The second kappa shape index (κ2) is 6.87. The van der Waals surface area contributed by atoms with Crippen LogP contribution in [0.2, 0.25) is 0 Å². The average Bonchev–Trinajstić information content (AvgIpc) is 2.33. The minimum Gasteiger partial charge on any atom is -0.507 e. The molecule has 0 unspecified atom stereocenters. The number of amides is 1. The molecule has 5 heteroatoms. The van der Waals surface area contributed by atoms with Gasteiger partial charge in [-0.2, -0.15) is 0 Å². The molecule has 0 saturated heterocycles. The van der Waals surface area contributed by atoms with Crippen molar-refractivity contribution in [3.63, 3.8) is 0 Å². The number of hydrogen-bond acceptors (Lipinski definition) is 2. The minimum atomic E-state index is -0.0829. The van der Waals surface area contributed by atoms with Gasteiger partial charge >= 0.3 is 0 Å². The number of rotatable bonds is 5. The molecule has 0 aliphatic carbocycles. The van der Waals surface area contributed by atoms with E-state index in [4.69, 9.17) is 11.6 Å². The van der Waals surface area contributed by atoms with Crippen LogP contribution in [-0.2, 0) is 0 Å². The molecule has 1 rings (SSSR count). The lowest BCUT2D eigenvalue weighted by molar-refractivity contribution is 0.0764. The number of carbonyl (C=O) groups excluding carboxylic acids is 1. The van der Waals surface area contributed by atoms with E-state index < -0.39 is 0 Å². The van der Waals surface area contributed by atoms with Crippen LogP contribution in [0.15, 0.2) is 22.7 Å². The van der Waals surface area contributed by atoms with Crippen LogP contribution in [0.3, 0.4) is 0 Å². The SMILES string of the molecule is CCN(CCCCl)C(=O)c1ccc(Br)c(O)c1. The van der Waals surface area contributed by atoms with Crippen molar-refractivity contribution in [2.45, 2.75) is 13.3 Å². The number of halogens is 2. The van der Waals surface area contributed by atoms with E-state index in [-0.39, 0.29) is 11.7 Å². The first-order valence-corrected chi connectivity index (χ1v) is 6.76. The summed E-state index contributed by atoms with van der Waals surface area (Å²) in [6, 6.07) is 4.82. The highest BCUT2D eigenvalue weighted by molar-refractivity contribution is 9.10. The van der Waals surface area contributed by atoms with E-state index in [2.05, 4.69) is 15.9 Å². The van der Waals surface area contributed by atoms with E-state index in [0.717, 1.165) is 6.42 Å². The van der Waals surface area contributed by atoms with E-state index in [9.17, 15) is 9.90 Å². The molecule has 0 radical (unpaired) electrons. The van der Waals surface area contributed by atoms with Crippen LogP contribution in [0.4, 0.5) is 0 Å². The Morgan fingerprint density at radius 2 is 2.24 bits per heavy atom. The summed E-state index contributed by atoms with van der Waals surface area (Å²) in [5.41, 5.74) is 0.488. The van der Waals surface area contributed by atoms with E-state index in [1.165, 1.54) is 6.07 Å². The molecule has 0 fully saturated rings. The zero-order valence-corrected chi connectivity index (χ0v) is 12.0. The average molecular weight is 321 g/mol. The Morgan fingerprint density at radius 3 is 2.76 bits per heavy atom. The Kier molecular flexibility index (Phi) is 5.78. The lowest BCUT2D eigenvalue weighted by Crippen LogP contribution is -2.31. The van der Waals surface area contributed by atoms with Crippen LogP contribution in [-0.4, -0.2) is 34.9 Å². The van der Waals surface area contributed by atoms with Gasteiger partial charge in [0.15, 0.2) is 0 Å². The molecule has 0 aromatic heterocycles. The van der Waals surface area contributed by atoms with Crippen molar-refractivity contribution in [1.29, 1.82) is 0 Å². The van der Waals surface area contributed by atoms with Crippen LogP contribution >= 0.6 is 27.5 Å². The summed E-state index contributed by atoms with van der Waals surface area (Å²) < 4.78 is 0.581. The van der Waals surface area contributed by atoms with Gasteiger partial charge in [0.05, 0.1) is 4.47 Å². The third-order valence-electron chi connectivity index (χ3n) is 2.42. The Hall–Kier alpha value is -0.740. The van der Waals surface area contributed by atoms with Gasteiger partial charge < -0.3 is 10.0 Å². The highest BCUT2D eigenvalue weighted by Crippen LogP contribution is 2.24. The van der Waals surface area contributed by atoms with E-state index in [1.54, 1.807) is 17.0 Å². The van der Waals surface area contributed by atoms with E-state index in [1.807, 2.05) is 6.92 Å². The highest BCUT2D eigenvalue weighted by atomic mass is 79.9. The number of carbonyl (C=O) groups is 1. The molecule has 3 nitrogen and oxygen atoms in total. The van der Waals surface area contributed by atoms with Gasteiger partial charge in [0.25, 0.3) is 5.91 Å². The summed E-state index contributed by atoms with van der Waals surface area (Å²) in [5, 5.41) is 9.54. The predicted molar refractivity (Wildman–Crippen MR) is 72.7 cm³/mol. The fourth-order valence-electron chi connectivity index (χ4n) is 1.48. The van der Waals surface area contributed by atoms with Crippen molar-refractivity contribution in [1.82, 2.24) is 4.90 Å². The van der Waals surface area contributed by atoms with Crippen LogP contribution in [0.5, 0.6) is 5.75 Å². The molecule has 0 bridgehead atoms. The lowest BCUT2D eigenvalue weighted by Gasteiger charge is -2.20. The van der Waals surface area contributed by atoms with Gasteiger partial charge in [0, 0.05) is 24.5 Å². The second-order valence-electron chi connectivity index (χ2n) is 3.59. The standard InChI is InChI=1S/C12H15BrClNO2/c1-2-15(7-3-6-14)12(17)9-4-5-10(13)11(16)8-9/h4-5,8,16H,2-3,6-7H2,1H3. The molecule has 0 aliphatic rings. The Balaban J connectivity index is 2.82. The number of benzene rings is 1. The first-order chi connectivity index (χ1) is 8.10. The molecule has 0 aliphatic heterocycles. The molecular formula is C12H15BrClNO2. The van der Waals surface area contributed by atoms with Crippen molar-refractivity contribution >= 4 is 33.4 Å². The summed E-state index contributed by atoms with van der Waals surface area (Å²) in [6.07, 6.45) is 0.768. The van der Waals surface area contributed by atoms with Crippen molar-refractivity contribution in [3.8, 4) is 5.75 Å². The third kappa shape index (κ3) is 3.89. The molecule has 0 spiro atoms. The summed E-state index contributed by atoms with van der Waals surface area (Å²) >= 11 is 8.80. The normalized spacial score (nSPS) is 10.3. The van der Waals surface area contributed by atoms with Gasteiger partial charge in [0.2, 0.25) is 0 Å². The van der Waals surface area contributed by atoms with Crippen LogP contribution in [0.25, 0.3) is 0 Å². The maximum Gasteiger partial charge on any atom is 0.253 e. The number of nitrogens with zero attached hydrogens (tertiary/aromatic N) is 1. The number of aromatic hydroxyl groups is 1. The predicted octanol–water partition coefficient (Wildman–Crippen LogP) is 3.25. The number of hydrogen-bond donors (Lipinski definition) is 1. The summed E-state index contributed by atoms with van der Waals surface area (Å²) in [4.78, 5) is 13.8. The van der Waals surface area contributed by atoms with Crippen LogP contribution < -0.4 is 0 Å². The molecule has 1 N–H and O–H groups in total. The van der Waals surface area contributed by atoms with Gasteiger partial charge in [-0.05, 0) is 47.5 Å². The largest absolute Gasteiger partial charge is 0.507 e. The molecule has 0 heterocycles. The highest BCUT2D eigenvalue weighted by Gasteiger charge is 2.14. The van der Waals surface area contributed by atoms with Crippen LogP contribution in [0.1, 0.15) is 23.7 Å². The number of alkyl halides is 1. The molecule has 0 atom stereocenters. The number of phenolic OH excluding ortho intramolecular Hbond substituents is 1. The maximum absolute atomic E-state index is 12.1. The maximum atomic E-state index is 12.1. The smallest absolute Gasteiger partial charge is 0.253 e. The van der Waals surface area contributed by atoms with Crippen molar-refractivity contribution in [2.24, 2.45) is 0 Å². The summed E-state index contributed by atoms with van der Waals surface area (Å²) in [6.45, 7) is 3.19. The number of phenols is 1. The van der Waals surface area contributed by atoms with Crippen molar-refractivity contribution in [3.05, 3.63) is 28.2 Å². The fraction of sp³-hybridized carbons (Fsp3) is 0.417. The van der Waals surface area contributed by atoms with Gasteiger partial charge in [-0.15, -0.1) is 11.6 Å². The van der Waals surface area contributed by atoms with Gasteiger partial charge in [-0.3, -0.25) is 4.79 Å². The molecule has 17 heavy (non-hydrogen) atoms. The molecule has 1 amide bonds. The van der Waals surface area contributed by atoms with Crippen molar-refractivity contribution in [2.75, 3.05) is 19.0 Å². The fourth-order valence-corrected chi connectivity index (χ4v) is 1.85. The molecule has 1 aromatic carbocycles. The first-order valence-electron chi connectivity index (χ1n) is 5.44. The zero-order chi connectivity index (χ0) is 12.8. The van der Waals surface area contributed by atoms with Gasteiger partial charge in [-0.1, -0.05) is 0 Å². The van der Waals surface area contributed by atoms with Crippen molar-refractivity contribution < 1.29 is 9.90 Å². The quantitative estimate of drug-likeness (QED) is 0.846. The first kappa shape index (κ1) is 14.3. The van der Waals surface area contributed by atoms with Gasteiger partial charge in [-0.25, -0.2) is 0 Å². The van der Waals surface area contributed by atoms with E-state index in [0.29, 0.717) is 29.0 Å². The molecule has 1 aromatic rings. The molecule has 0 saturated carbocycles. The summed E-state index contributed by atoms with van der Waals surface area (Å²) in [7, 11) is 0. The zero-order valence-electron chi connectivity index (χ0n) is 9.62. The Morgan fingerprint density at radius 1 is 1.53 bits per heavy atom.